The van der Waals surface area contributed by atoms with Crippen LogP contribution in [0.15, 0.2) is 48.5 Å². The molecule has 2 bridgehead atoms. The summed E-state index contributed by atoms with van der Waals surface area (Å²) in [6.45, 7) is 5.30. The number of hydrogen-bond donors (Lipinski definition) is 0. The van der Waals surface area contributed by atoms with Crippen molar-refractivity contribution in [1.29, 1.82) is 0 Å². The maximum absolute atomic E-state index is 14.3. The van der Waals surface area contributed by atoms with E-state index in [4.69, 9.17) is 9.97 Å². The van der Waals surface area contributed by atoms with Gasteiger partial charge in [0.15, 0.2) is 0 Å². The van der Waals surface area contributed by atoms with Gasteiger partial charge in [-0.15, -0.1) is 0 Å². The Labute approximate surface area is 171 Å². The molecule has 2 atom stereocenters. The smallest absolute Gasteiger partial charge is 0.239 e. The average molecular weight is 383 g/mol. The summed E-state index contributed by atoms with van der Waals surface area (Å²) in [7, 11) is 0. The van der Waals surface area contributed by atoms with Crippen molar-refractivity contribution in [3.63, 3.8) is 0 Å². The molecule has 0 radical (unpaired) electrons. The van der Waals surface area contributed by atoms with Gasteiger partial charge < -0.3 is 4.90 Å². The summed E-state index contributed by atoms with van der Waals surface area (Å²) < 4.78 is 0. The molecule has 1 aromatic heterocycles. The maximum atomic E-state index is 14.3. The molecule has 0 spiro atoms. The topological polar surface area (TPSA) is 46.1 Å². The third kappa shape index (κ3) is 2.02. The molecular formula is C25H25N3O. The van der Waals surface area contributed by atoms with Gasteiger partial charge in [0.2, 0.25) is 5.91 Å². The third-order valence-corrected chi connectivity index (χ3v) is 7.83. The van der Waals surface area contributed by atoms with Gasteiger partial charge in [0.05, 0.1) is 27.8 Å². The minimum atomic E-state index is -0.589. The van der Waals surface area contributed by atoms with E-state index >= 15 is 0 Å². The predicted molar refractivity (Wildman–Crippen MR) is 114 cm³/mol. The maximum Gasteiger partial charge on any atom is 0.239 e. The molecule has 4 heteroatoms. The SMILES string of the molecule is CC1(C)C2CCC1(C(=O)N1CCCc3ccccc31)c1nc3ccccc3nc12. The largest absolute Gasteiger partial charge is 0.311 e. The van der Waals surface area contributed by atoms with E-state index in [0.29, 0.717) is 5.92 Å². The molecule has 146 valence electrons. The molecule has 1 saturated carbocycles. The Hall–Kier alpha value is -2.75. The van der Waals surface area contributed by atoms with Crippen molar-refractivity contribution in [1.82, 2.24) is 9.97 Å². The zero-order chi connectivity index (χ0) is 19.8. The minimum Gasteiger partial charge on any atom is -0.311 e. The second-order valence-corrected chi connectivity index (χ2v) is 9.35. The first kappa shape index (κ1) is 17.1. The van der Waals surface area contributed by atoms with Crippen molar-refractivity contribution in [2.24, 2.45) is 5.41 Å². The highest BCUT2D eigenvalue weighted by Crippen LogP contribution is 2.67. The van der Waals surface area contributed by atoms with Crippen molar-refractivity contribution in [3.05, 3.63) is 65.5 Å². The second-order valence-electron chi connectivity index (χ2n) is 9.35. The second kappa shape index (κ2) is 5.65. The number of carbonyl (C=O) groups excluding carboxylic acids is 1. The van der Waals surface area contributed by atoms with Crippen LogP contribution in [-0.2, 0) is 16.6 Å². The Morgan fingerprint density at radius 1 is 1.03 bits per heavy atom. The standard InChI is InChI=1S/C25H25N3O/c1-24(2)17-13-14-25(24,22-21(17)26-18-10-4-5-11-19(18)27-22)23(29)28-15-7-9-16-8-3-6-12-20(16)28/h3-6,8,10-12,17H,7,9,13-15H2,1-2H3. The number of aryl methyl sites for hydroxylation is 1. The number of carbonyl (C=O) groups is 1. The number of anilines is 1. The van der Waals surface area contributed by atoms with Crippen molar-refractivity contribution >= 4 is 22.6 Å². The Balaban J connectivity index is 1.56. The number of aromatic nitrogens is 2. The van der Waals surface area contributed by atoms with Gasteiger partial charge >= 0.3 is 0 Å². The molecule has 0 saturated heterocycles. The summed E-state index contributed by atoms with van der Waals surface area (Å²) in [6, 6.07) is 16.4. The summed E-state index contributed by atoms with van der Waals surface area (Å²) in [5.74, 6) is 0.513. The Kier molecular flexibility index (Phi) is 3.34. The lowest BCUT2D eigenvalue weighted by molar-refractivity contribution is -0.127. The van der Waals surface area contributed by atoms with Crippen molar-refractivity contribution in [3.8, 4) is 0 Å². The quantitative estimate of drug-likeness (QED) is 0.608. The van der Waals surface area contributed by atoms with Gasteiger partial charge in [0, 0.05) is 18.2 Å². The first-order valence-corrected chi connectivity index (χ1v) is 10.7. The number of nitrogens with zero attached hydrogens (tertiary/aromatic N) is 3. The van der Waals surface area contributed by atoms with Gasteiger partial charge in [-0.2, -0.15) is 0 Å². The Morgan fingerprint density at radius 3 is 2.59 bits per heavy atom. The highest BCUT2D eigenvalue weighted by molar-refractivity contribution is 6.04. The number of benzene rings is 2. The zero-order valence-electron chi connectivity index (χ0n) is 17.0. The van der Waals surface area contributed by atoms with E-state index in [-0.39, 0.29) is 11.3 Å². The van der Waals surface area contributed by atoms with E-state index in [2.05, 4.69) is 36.9 Å². The van der Waals surface area contributed by atoms with Gasteiger partial charge in [-0.05, 0) is 54.9 Å². The van der Waals surface area contributed by atoms with Crippen molar-refractivity contribution < 1.29 is 4.79 Å². The molecule has 0 N–H and O–H groups in total. The number of fused-ring (bicyclic) bond motifs is 7. The van der Waals surface area contributed by atoms with Crippen LogP contribution >= 0.6 is 0 Å². The van der Waals surface area contributed by atoms with Crippen molar-refractivity contribution in [2.75, 3.05) is 11.4 Å². The van der Waals surface area contributed by atoms with E-state index in [1.165, 1.54) is 5.56 Å². The normalized spacial score (nSPS) is 26.4. The van der Waals surface area contributed by atoms with Crippen molar-refractivity contribution in [2.45, 2.75) is 50.9 Å². The molecule has 2 aromatic carbocycles. The molecule has 29 heavy (non-hydrogen) atoms. The average Bonchev–Trinajstić information content (AvgIpc) is 3.12. The molecule has 1 amide bonds. The lowest BCUT2D eigenvalue weighted by atomic mass is 9.67. The fraction of sp³-hybridized carbons (Fsp3) is 0.400. The van der Waals surface area contributed by atoms with Gasteiger partial charge in [-0.25, -0.2) is 9.97 Å². The van der Waals surface area contributed by atoms with E-state index in [9.17, 15) is 4.79 Å². The third-order valence-electron chi connectivity index (χ3n) is 7.83. The predicted octanol–water partition coefficient (Wildman–Crippen LogP) is 4.76. The lowest BCUT2D eigenvalue weighted by Crippen LogP contribution is -2.53. The fourth-order valence-electron chi connectivity index (χ4n) is 6.27. The Morgan fingerprint density at radius 2 is 1.76 bits per heavy atom. The van der Waals surface area contributed by atoms with Gasteiger partial charge in [-0.1, -0.05) is 44.2 Å². The molecule has 2 heterocycles. The summed E-state index contributed by atoms with van der Waals surface area (Å²) >= 11 is 0. The van der Waals surface area contributed by atoms with Crippen LogP contribution in [0.1, 0.15) is 56.0 Å². The molecule has 6 rings (SSSR count). The molecule has 1 fully saturated rings. The minimum absolute atomic E-state index is 0.184. The van der Waals surface area contributed by atoms with Crippen LogP contribution in [0, 0.1) is 5.41 Å². The first-order valence-electron chi connectivity index (χ1n) is 10.7. The van der Waals surface area contributed by atoms with E-state index in [0.717, 1.165) is 60.3 Å². The van der Waals surface area contributed by atoms with Gasteiger partial charge in [-0.3, -0.25) is 4.79 Å². The molecular weight excluding hydrogens is 358 g/mol. The van der Waals surface area contributed by atoms with E-state index in [1.54, 1.807) is 0 Å². The van der Waals surface area contributed by atoms with Crippen LogP contribution in [0.25, 0.3) is 11.0 Å². The monoisotopic (exact) mass is 383 g/mol. The summed E-state index contributed by atoms with van der Waals surface area (Å²) in [5, 5.41) is 0. The van der Waals surface area contributed by atoms with Crippen LogP contribution in [0.4, 0.5) is 5.69 Å². The molecule has 1 aliphatic heterocycles. The molecule has 4 nitrogen and oxygen atoms in total. The molecule has 3 aromatic rings. The first-order chi connectivity index (χ1) is 14.0. The van der Waals surface area contributed by atoms with E-state index in [1.807, 2.05) is 30.3 Å². The number of amides is 1. The van der Waals surface area contributed by atoms with Crippen LogP contribution in [0.5, 0.6) is 0 Å². The van der Waals surface area contributed by atoms with Gasteiger partial charge in [0.1, 0.15) is 0 Å². The highest BCUT2D eigenvalue weighted by atomic mass is 16.2. The zero-order valence-corrected chi connectivity index (χ0v) is 17.0. The van der Waals surface area contributed by atoms with Crippen LogP contribution < -0.4 is 4.90 Å². The summed E-state index contributed by atoms with van der Waals surface area (Å²) in [5.41, 5.74) is 5.40. The lowest BCUT2D eigenvalue weighted by Gasteiger charge is -2.42. The summed E-state index contributed by atoms with van der Waals surface area (Å²) in [4.78, 5) is 26.5. The number of hydrogen-bond acceptors (Lipinski definition) is 3. The Bertz CT molecular complexity index is 1170. The number of para-hydroxylation sites is 3. The van der Waals surface area contributed by atoms with E-state index < -0.39 is 5.41 Å². The number of rotatable bonds is 1. The fourth-order valence-corrected chi connectivity index (χ4v) is 6.27. The van der Waals surface area contributed by atoms with Crippen LogP contribution in [0.3, 0.4) is 0 Å². The van der Waals surface area contributed by atoms with Crippen LogP contribution in [0.2, 0.25) is 0 Å². The molecule has 3 aliphatic rings. The highest BCUT2D eigenvalue weighted by Gasteiger charge is 2.68. The molecule has 2 aliphatic carbocycles. The van der Waals surface area contributed by atoms with Gasteiger partial charge in [0.25, 0.3) is 0 Å². The molecule has 2 unspecified atom stereocenters. The van der Waals surface area contributed by atoms with Crippen LogP contribution in [-0.4, -0.2) is 22.4 Å². The summed E-state index contributed by atoms with van der Waals surface area (Å²) in [6.07, 6.45) is 3.93.